The van der Waals surface area contributed by atoms with Gasteiger partial charge in [0.2, 0.25) is 0 Å². The number of aromatic nitrogens is 1. The monoisotopic (exact) mass is 345 g/mol. The molecule has 0 saturated heterocycles. The van der Waals surface area contributed by atoms with Crippen LogP contribution in [-0.4, -0.2) is 23.0 Å². The SMILES string of the molecule is CC(C)(N)CNC(=O)c1csc(-c2ccccc2Cl)n1.Cl. The van der Waals surface area contributed by atoms with E-state index in [1.807, 2.05) is 32.0 Å². The van der Waals surface area contributed by atoms with Gasteiger partial charge < -0.3 is 11.1 Å². The van der Waals surface area contributed by atoms with Crippen LogP contribution in [-0.2, 0) is 0 Å². The highest BCUT2D eigenvalue weighted by molar-refractivity contribution is 7.13. The summed E-state index contributed by atoms with van der Waals surface area (Å²) in [6.07, 6.45) is 0. The standard InChI is InChI=1S/C14H16ClN3OS.ClH/c1-14(2,16)8-17-12(19)11-7-20-13(18-11)9-5-3-4-6-10(9)15;/h3-7H,8,16H2,1-2H3,(H,17,19);1H. The molecule has 0 aliphatic carbocycles. The maximum absolute atomic E-state index is 12.0. The van der Waals surface area contributed by atoms with Crippen LogP contribution < -0.4 is 11.1 Å². The summed E-state index contributed by atoms with van der Waals surface area (Å²) in [4.78, 5) is 16.3. The lowest BCUT2D eigenvalue weighted by atomic mass is 10.1. The molecule has 1 aromatic carbocycles. The first kappa shape index (κ1) is 17.9. The topological polar surface area (TPSA) is 68.0 Å². The van der Waals surface area contributed by atoms with Crippen LogP contribution in [0.15, 0.2) is 29.6 Å². The molecular formula is C14H17Cl2N3OS. The van der Waals surface area contributed by atoms with Crippen molar-refractivity contribution in [1.29, 1.82) is 0 Å². The molecule has 0 unspecified atom stereocenters. The Kier molecular flexibility index (Phi) is 6.16. The molecule has 0 saturated carbocycles. The number of hydrogen-bond acceptors (Lipinski definition) is 4. The molecule has 4 nitrogen and oxygen atoms in total. The van der Waals surface area contributed by atoms with Crippen LogP contribution in [0.3, 0.4) is 0 Å². The van der Waals surface area contributed by atoms with Crippen LogP contribution in [0.5, 0.6) is 0 Å². The molecule has 2 aromatic rings. The normalized spacial score (nSPS) is 10.9. The Hall–Kier alpha value is -1.14. The number of carbonyl (C=O) groups is 1. The maximum atomic E-state index is 12.0. The Labute approximate surface area is 139 Å². The van der Waals surface area contributed by atoms with Gasteiger partial charge in [-0.1, -0.05) is 29.8 Å². The van der Waals surface area contributed by atoms with Crippen molar-refractivity contribution in [1.82, 2.24) is 10.3 Å². The lowest BCUT2D eigenvalue weighted by Gasteiger charge is -2.18. The molecule has 1 heterocycles. The van der Waals surface area contributed by atoms with Crippen molar-refractivity contribution in [3.05, 3.63) is 40.4 Å². The van der Waals surface area contributed by atoms with Gasteiger partial charge in [-0.2, -0.15) is 0 Å². The Morgan fingerprint density at radius 2 is 2.10 bits per heavy atom. The summed E-state index contributed by atoms with van der Waals surface area (Å²) in [6.45, 7) is 4.10. The zero-order chi connectivity index (χ0) is 14.8. The molecule has 0 fully saturated rings. The summed E-state index contributed by atoms with van der Waals surface area (Å²) in [5.41, 5.74) is 6.60. The lowest BCUT2D eigenvalue weighted by molar-refractivity contribution is 0.0942. The number of carbonyl (C=O) groups excluding carboxylic acids is 1. The largest absolute Gasteiger partial charge is 0.349 e. The molecule has 2 rings (SSSR count). The fraction of sp³-hybridized carbons (Fsp3) is 0.286. The van der Waals surface area contributed by atoms with E-state index in [2.05, 4.69) is 10.3 Å². The van der Waals surface area contributed by atoms with E-state index in [4.69, 9.17) is 17.3 Å². The van der Waals surface area contributed by atoms with E-state index in [0.717, 1.165) is 10.6 Å². The number of rotatable bonds is 4. The van der Waals surface area contributed by atoms with E-state index in [-0.39, 0.29) is 18.3 Å². The van der Waals surface area contributed by atoms with Gasteiger partial charge in [-0.25, -0.2) is 4.98 Å². The van der Waals surface area contributed by atoms with E-state index in [9.17, 15) is 4.79 Å². The summed E-state index contributed by atoms with van der Waals surface area (Å²) in [7, 11) is 0. The number of benzene rings is 1. The van der Waals surface area contributed by atoms with Gasteiger partial charge in [0.25, 0.3) is 5.91 Å². The summed E-state index contributed by atoms with van der Waals surface area (Å²) in [6, 6.07) is 7.43. The number of nitrogens with zero attached hydrogens (tertiary/aromatic N) is 1. The van der Waals surface area contributed by atoms with Gasteiger partial charge in [-0.05, 0) is 19.9 Å². The minimum Gasteiger partial charge on any atom is -0.349 e. The summed E-state index contributed by atoms with van der Waals surface area (Å²) in [5, 5.41) is 5.84. The van der Waals surface area contributed by atoms with Crippen LogP contribution in [0.2, 0.25) is 5.02 Å². The second-order valence-corrected chi connectivity index (χ2v) is 6.45. The zero-order valence-electron chi connectivity index (χ0n) is 11.7. The molecule has 0 aliphatic rings. The molecule has 3 N–H and O–H groups in total. The van der Waals surface area contributed by atoms with Gasteiger partial charge >= 0.3 is 0 Å². The van der Waals surface area contributed by atoms with Crippen LogP contribution in [0.25, 0.3) is 10.6 Å². The second kappa shape index (κ2) is 7.22. The Morgan fingerprint density at radius 1 is 1.43 bits per heavy atom. The van der Waals surface area contributed by atoms with Crippen molar-refractivity contribution in [2.45, 2.75) is 19.4 Å². The van der Waals surface area contributed by atoms with Crippen molar-refractivity contribution in [2.24, 2.45) is 5.73 Å². The number of halogens is 2. The molecule has 21 heavy (non-hydrogen) atoms. The quantitative estimate of drug-likeness (QED) is 0.892. The van der Waals surface area contributed by atoms with Crippen molar-refractivity contribution in [2.75, 3.05) is 6.54 Å². The van der Waals surface area contributed by atoms with Crippen molar-refractivity contribution >= 4 is 41.3 Å². The molecule has 114 valence electrons. The highest BCUT2D eigenvalue weighted by Crippen LogP contribution is 2.29. The third-order valence-electron chi connectivity index (χ3n) is 2.55. The van der Waals surface area contributed by atoms with Crippen molar-refractivity contribution < 1.29 is 4.79 Å². The van der Waals surface area contributed by atoms with Gasteiger partial charge in [0.1, 0.15) is 10.7 Å². The number of nitrogens with two attached hydrogens (primary N) is 1. The van der Waals surface area contributed by atoms with Crippen LogP contribution in [0, 0.1) is 0 Å². The summed E-state index contributed by atoms with van der Waals surface area (Å²) >= 11 is 7.51. The fourth-order valence-corrected chi connectivity index (χ4v) is 2.66. The van der Waals surface area contributed by atoms with E-state index in [1.54, 1.807) is 11.4 Å². The molecule has 0 radical (unpaired) electrons. The second-order valence-electron chi connectivity index (χ2n) is 5.19. The van der Waals surface area contributed by atoms with Crippen LogP contribution in [0.4, 0.5) is 0 Å². The Bertz CT molecular complexity index is 623. The van der Waals surface area contributed by atoms with Gasteiger partial charge in [0.05, 0.1) is 5.02 Å². The molecular weight excluding hydrogens is 329 g/mol. The minimum absolute atomic E-state index is 0. The van der Waals surface area contributed by atoms with Crippen LogP contribution >= 0.6 is 35.3 Å². The molecule has 0 atom stereocenters. The average Bonchev–Trinajstić information content (AvgIpc) is 2.85. The van der Waals surface area contributed by atoms with Gasteiger partial charge in [0, 0.05) is 23.0 Å². The average molecular weight is 346 g/mol. The highest BCUT2D eigenvalue weighted by atomic mass is 35.5. The lowest BCUT2D eigenvalue weighted by Crippen LogP contribution is -2.45. The molecule has 0 aliphatic heterocycles. The maximum Gasteiger partial charge on any atom is 0.270 e. The third-order valence-corrected chi connectivity index (χ3v) is 3.75. The first-order valence-electron chi connectivity index (χ1n) is 6.14. The molecule has 7 heteroatoms. The van der Waals surface area contributed by atoms with Crippen LogP contribution in [0.1, 0.15) is 24.3 Å². The smallest absolute Gasteiger partial charge is 0.270 e. The van der Waals surface area contributed by atoms with E-state index in [0.29, 0.717) is 17.3 Å². The van der Waals surface area contributed by atoms with E-state index in [1.165, 1.54) is 11.3 Å². The molecule has 0 spiro atoms. The first-order valence-corrected chi connectivity index (χ1v) is 7.40. The number of hydrogen-bond donors (Lipinski definition) is 2. The molecule has 1 aromatic heterocycles. The number of thiazole rings is 1. The van der Waals surface area contributed by atoms with Crippen molar-refractivity contribution in [3.8, 4) is 10.6 Å². The Morgan fingerprint density at radius 3 is 2.71 bits per heavy atom. The third kappa shape index (κ3) is 4.97. The molecule has 0 bridgehead atoms. The fourth-order valence-electron chi connectivity index (χ4n) is 1.54. The summed E-state index contributed by atoms with van der Waals surface area (Å²) in [5.74, 6) is -0.224. The van der Waals surface area contributed by atoms with E-state index < -0.39 is 5.54 Å². The number of nitrogens with one attached hydrogen (secondary N) is 1. The molecule has 1 amide bonds. The van der Waals surface area contributed by atoms with Gasteiger partial charge in [-0.15, -0.1) is 23.7 Å². The Balaban J connectivity index is 0.00000220. The highest BCUT2D eigenvalue weighted by Gasteiger charge is 2.16. The van der Waals surface area contributed by atoms with E-state index >= 15 is 0 Å². The van der Waals surface area contributed by atoms with Crippen molar-refractivity contribution in [3.63, 3.8) is 0 Å². The number of amides is 1. The van der Waals surface area contributed by atoms with Gasteiger partial charge in [0.15, 0.2) is 0 Å². The van der Waals surface area contributed by atoms with Gasteiger partial charge in [-0.3, -0.25) is 4.79 Å². The predicted molar refractivity (Wildman–Crippen MR) is 90.4 cm³/mol. The predicted octanol–water partition coefficient (Wildman–Crippen LogP) is 3.35. The minimum atomic E-state index is -0.447. The zero-order valence-corrected chi connectivity index (χ0v) is 14.1. The summed E-state index contributed by atoms with van der Waals surface area (Å²) < 4.78 is 0. The first-order chi connectivity index (χ1) is 9.37.